The van der Waals surface area contributed by atoms with E-state index in [0.717, 1.165) is 4.31 Å². The van der Waals surface area contributed by atoms with Crippen LogP contribution in [-0.2, 0) is 24.3 Å². The third kappa shape index (κ3) is 4.42. The summed E-state index contributed by atoms with van der Waals surface area (Å²) >= 11 is 5.98. The highest BCUT2D eigenvalue weighted by Crippen LogP contribution is 2.39. The van der Waals surface area contributed by atoms with Crippen molar-refractivity contribution in [2.45, 2.75) is 10.9 Å². The van der Waals surface area contributed by atoms with Crippen LogP contribution in [0.4, 0.5) is 0 Å². The number of methoxy groups -OCH3 is 1. The lowest BCUT2D eigenvalue weighted by atomic mass is 9.95. The van der Waals surface area contributed by atoms with Crippen molar-refractivity contribution in [2.24, 2.45) is 0 Å². The van der Waals surface area contributed by atoms with Crippen molar-refractivity contribution in [1.82, 2.24) is 9.21 Å². The lowest BCUT2D eigenvalue weighted by molar-refractivity contribution is -0.140. The normalized spacial score (nSPS) is 18.5. The molecule has 10 heteroatoms. The number of aliphatic hydroxyl groups excluding tert-OH is 1. The van der Waals surface area contributed by atoms with Gasteiger partial charge in [0.05, 0.1) is 23.1 Å². The molecule has 8 nitrogen and oxygen atoms in total. The number of benzene rings is 2. The predicted octanol–water partition coefficient (Wildman–Crippen LogP) is 2.66. The third-order valence-corrected chi connectivity index (χ3v) is 7.25. The molecule has 0 radical (unpaired) electrons. The van der Waals surface area contributed by atoms with Crippen LogP contribution in [0.25, 0.3) is 5.76 Å². The number of rotatable bonds is 7. The molecule has 0 unspecified atom stereocenters. The molecule has 1 heterocycles. The fourth-order valence-corrected chi connectivity index (χ4v) is 4.47. The Hall–Kier alpha value is -2.72. The van der Waals surface area contributed by atoms with E-state index in [4.69, 9.17) is 16.3 Å². The molecule has 170 valence electrons. The SMILES string of the molecule is COCCN1C(=O)C(=O)/C(=C(/O)c2ccc(S(=O)(=O)N(C)C)cc2)[C@H]1c1ccc(Cl)cc1. The van der Waals surface area contributed by atoms with Gasteiger partial charge in [0.1, 0.15) is 5.76 Å². The quantitative estimate of drug-likeness (QED) is 0.372. The minimum absolute atomic E-state index is 0.0360. The van der Waals surface area contributed by atoms with Crippen molar-refractivity contribution < 1.29 is 27.9 Å². The van der Waals surface area contributed by atoms with E-state index in [1.54, 1.807) is 24.3 Å². The molecular weight excluding hydrogens is 456 g/mol. The van der Waals surface area contributed by atoms with E-state index in [1.807, 2.05) is 0 Å². The highest BCUT2D eigenvalue weighted by molar-refractivity contribution is 7.89. The van der Waals surface area contributed by atoms with Gasteiger partial charge in [-0.3, -0.25) is 9.59 Å². The minimum atomic E-state index is -3.65. The number of sulfonamides is 1. The summed E-state index contributed by atoms with van der Waals surface area (Å²) in [4.78, 5) is 27.0. The molecule has 1 fully saturated rings. The van der Waals surface area contributed by atoms with Gasteiger partial charge in [-0.2, -0.15) is 0 Å². The first kappa shape index (κ1) is 23.9. The monoisotopic (exact) mass is 478 g/mol. The van der Waals surface area contributed by atoms with Gasteiger partial charge in [-0.25, -0.2) is 12.7 Å². The standard InChI is InChI=1S/C22H23ClN2O6S/c1-24(2)32(29,30)17-10-6-15(7-11-17)20(26)18-19(14-4-8-16(23)9-5-14)25(12-13-31-3)22(28)21(18)27/h4-11,19,26H,12-13H2,1-3H3/b20-18+/t19-/m1/s1. The maximum absolute atomic E-state index is 12.9. The van der Waals surface area contributed by atoms with E-state index in [2.05, 4.69) is 0 Å². The zero-order valence-electron chi connectivity index (χ0n) is 17.8. The smallest absolute Gasteiger partial charge is 0.295 e. The second-order valence-corrected chi connectivity index (χ2v) is 9.94. The number of carbonyl (C=O) groups excluding carboxylic acids is 2. The summed E-state index contributed by atoms with van der Waals surface area (Å²) in [6, 6.07) is 11.2. The van der Waals surface area contributed by atoms with Crippen LogP contribution >= 0.6 is 11.6 Å². The second-order valence-electron chi connectivity index (χ2n) is 7.35. The highest BCUT2D eigenvalue weighted by Gasteiger charge is 2.45. The van der Waals surface area contributed by atoms with Gasteiger partial charge in [0.25, 0.3) is 11.7 Å². The largest absolute Gasteiger partial charge is 0.507 e. The number of ether oxygens (including phenoxy) is 1. The van der Waals surface area contributed by atoms with Crippen LogP contribution in [0.2, 0.25) is 5.02 Å². The summed E-state index contributed by atoms with van der Waals surface area (Å²) < 4.78 is 30.7. The summed E-state index contributed by atoms with van der Waals surface area (Å²) in [5, 5.41) is 11.5. The van der Waals surface area contributed by atoms with E-state index in [0.29, 0.717) is 10.6 Å². The number of carbonyl (C=O) groups is 2. The number of amides is 1. The first-order valence-electron chi connectivity index (χ1n) is 9.65. The number of likely N-dealkylation sites (tertiary alicyclic amines) is 1. The van der Waals surface area contributed by atoms with Crippen molar-refractivity contribution in [3.63, 3.8) is 0 Å². The van der Waals surface area contributed by atoms with Crippen LogP contribution in [-0.4, -0.2) is 68.8 Å². The maximum atomic E-state index is 12.9. The summed E-state index contributed by atoms with van der Waals surface area (Å²) in [5.74, 6) is -1.98. The molecule has 1 atom stereocenters. The number of nitrogens with zero attached hydrogens (tertiary/aromatic N) is 2. The lowest BCUT2D eigenvalue weighted by Crippen LogP contribution is -2.32. The number of ketones is 1. The molecule has 0 bridgehead atoms. The minimum Gasteiger partial charge on any atom is -0.507 e. The molecule has 0 saturated carbocycles. The molecule has 2 aromatic carbocycles. The van der Waals surface area contributed by atoms with Gasteiger partial charge in [-0.05, 0) is 42.0 Å². The topological polar surface area (TPSA) is 104 Å². The molecule has 0 aromatic heterocycles. The molecule has 1 aliphatic heterocycles. The van der Waals surface area contributed by atoms with Crippen molar-refractivity contribution in [2.75, 3.05) is 34.4 Å². The average Bonchev–Trinajstić information content (AvgIpc) is 3.02. The van der Waals surface area contributed by atoms with Crippen molar-refractivity contribution >= 4 is 39.1 Å². The third-order valence-electron chi connectivity index (χ3n) is 5.17. The van der Waals surface area contributed by atoms with E-state index in [9.17, 15) is 23.1 Å². The van der Waals surface area contributed by atoms with Gasteiger partial charge >= 0.3 is 0 Å². The molecule has 2 aromatic rings. The van der Waals surface area contributed by atoms with Crippen LogP contribution in [0, 0.1) is 0 Å². The molecule has 1 N–H and O–H groups in total. The predicted molar refractivity (Wildman–Crippen MR) is 120 cm³/mol. The zero-order valence-corrected chi connectivity index (χ0v) is 19.4. The van der Waals surface area contributed by atoms with E-state index < -0.39 is 33.5 Å². The highest BCUT2D eigenvalue weighted by atomic mass is 35.5. The number of hydrogen-bond acceptors (Lipinski definition) is 6. The Kier molecular flexibility index (Phi) is 7.04. The molecule has 32 heavy (non-hydrogen) atoms. The maximum Gasteiger partial charge on any atom is 0.295 e. The van der Waals surface area contributed by atoms with E-state index >= 15 is 0 Å². The summed E-state index contributed by atoms with van der Waals surface area (Å²) in [5.41, 5.74) is 0.723. The zero-order chi connectivity index (χ0) is 23.6. The Labute approximate surface area is 191 Å². The van der Waals surface area contributed by atoms with Crippen LogP contribution in [0.1, 0.15) is 17.2 Å². The van der Waals surface area contributed by atoms with Crippen molar-refractivity contribution in [1.29, 1.82) is 0 Å². The number of hydrogen-bond donors (Lipinski definition) is 1. The van der Waals surface area contributed by atoms with Gasteiger partial charge in [0.2, 0.25) is 10.0 Å². The Balaban J connectivity index is 2.11. The first-order chi connectivity index (χ1) is 15.1. The number of halogens is 1. The fraction of sp³-hybridized carbons (Fsp3) is 0.273. The summed E-state index contributed by atoms with van der Waals surface area (Å²) in [7, 11) is 0.656. The van der Waals surface area contributed by atoms with Gasteiger partial charge < -0.3 is 14.7 Å². The first-order valence-corrected chi connectivity index (χ1v) is 11.5. The summed E-state index contributed by atoms with van der Waals surface area (Å²) in [6.45, 7) is 0.347. The molecule has 0 spiro atoms. The Morgan fingerprint density at radius 1 is 1.09 bits per heavy atom. The Morgan fingerprint density at radius 2 is 1.69 bits per heavy atom. The number of aliphatic hydroxyl groups is 1. The molecule has 1 saturated heterocycles. The van der Waals surface area contributed by atoms with Crippen LogP contribution in [0.3, 0.4) is 0 Å². The lowest BCUT2D eigenvalue weighted by Gasteiger charge is -2.25. The van der Waals surface area contributed by atoms with Gasteiger partial charge in [0.15, 0.2) is 0 Å². The van der Waals surface area contributed by atoms with Crippen molar-refractivity contribution in [3.05, 3.63) is 70.3 Å². The van der Waals surface area contributed by atoms with Gasteiger partial charge in [0, 0.05) is 38.3 Å². The second kappa shape index (κ2) is 9.41. The molecule has 3 rings (SSSR count). The summed E-state index contributed by atoms with van der Waals surface area (Å²) in [6.07, 6.45) is 0. The van der Waals surface area contributed by atoms with Crippen molar-refractivity contribution in [3.8, 4) is 0 Å². The fourth-order valence-electron chi connectivity index (χ4n) is 3.44. The molecular formula is C22H23ClN2O6S. The Morgan fingerprint density at radius 3 is 2.22 bits per heavy atom. The van der Waals surface area contributed by atoms with E-state index in [1.165, 1.54) is 50.4 Å². The van der Waals surface area contributed by atoms with Crippen LogP contribution in [0.5, 0.6) is 0 Å². The molecule has 1 amide bonds. The van der Waals surface area contributed by atoms with Gasteiger partial charge in [-0.15, -0.1) is 0 Å². The van der Waals surface area contributed by atoms with Gasteiger partial charge in [-0.1, -0.05) is 23.7 Å². The number of Topliss-reactive ketones (excluding diaryl/α,β-unsaturated/α-hetero) is 1. The molecule has 1 aliphatic rings. The molecule has 0 aliphatic carbocycles. The van der Waals surface area contributed by atoms with Crippen LogP contribution < -0.4 is 0 Å². The van der Waals surface area contributed by atoms with Crippen LogP contribution in [0.15, 0.2) is 59.0 Å². The average molecular weight is 479 g/mol. The Bertz CT molecular complexity index is 1160. The van der Waals surface area contributed by atoms with E-state index in [-0.39, 0.29) is 29.2 Å².